The molecule has 6 heteroatoms. The van der Waals surface area contributed by atoms with Crippen LogP contribution in [0.2, 0.25) is 0 Å². The van der Waals surface area contributed by atoms with E-state index in [9.17, 15) is 18.4 Å². The van der Waals surface area contributed by atoms with E-state index in [4.69, 9.17) is 0 Å². The van der Waals surface area contributed by atoms with Gasteiger partial charge in [-0.05, 0) is 42.8 Å². The normalized spacial score (nSPS) is 11.7. The molecule has 0 aliphatic heterocycles. The predicted molar refractivity (Wildman–Crippen MR) is 83.0 cm³/mol. The third kappa shape index (κ3) is 4.35. The fraction of sp³-hybridized carbons (Fsp3) is 0.176. The van der Waals surface area contributed by atoms with Crippen LogP contribution in [-0.4, -0.2) is 11.8 Å². The van der Waals surface area contributed by atoms with Gasteiger partial charge in [-0.15, -0.1) is 0 Å². The van der Waals surface area contributed by atoms with Crippen molar-refractivity contribution in [3.63, 3.8) is 0 Å². The molecule has 0 spiro atoms. The number of anilines is 1. The average Bonchev–Trinajstić information content (AvgIpc) is 2.49. The van der Waals surface area contributed by atoms with Gasteiger partial charge in [0.25, 0.3) is 5.91 Å². The summed E-state index contributed by atoms with van der Waals surface area (Å²) in [7, 11) is 0. The van der Waals surface area contributed by atoms with Gasteiger partial charge in [0, 0.05) is 18.2 Å². The minimum absolute atomic E-state index is 0.238. The largest absolute Gasteiger partial charge is 0.346 e. The smallest absolute Gasteiger partial charge is 0.251 e. The van der Waals surface area contributed by atoms with Crippen molar-refractivity contribution in [2.45, 2.75) is 19.9 Å². The molecule has 0 aliphatic carbocycles. The topological polar surface area (TPSA) is 58.2 Å². The molecule has 0 radical (unpaired) electrons. The van der Waals surface area contributed by atoms with E-state index < -0.39 is 17.7 Å². The predicted octanol–water partition coefficient (Wildman–Crippen LogP) is 3.41. The summed E-state index contributed by atoms with van der Waals surface area (Å²) in [5, 5.41) is 5.29. The fourth-order valence-electron chi connectivity index (χ4n) is 2.09. The molecule has 0 saturated carbocycles. The maximum atomic E-state index is 13.2. The number of hydrogen-bond acceptors (Lipinski definition) is 2. The third-order valence-corrected chi connectivity index (χ3v) is 3.24. The fourth-order valence-corrected chi connectivity index (χ4v) is 2.09. The number of halogens is 2. The van der Waals surface area contributed by atoms with Crippen molar-refractivity contribution in [1.29, 1.82) is 0 Å². The average molecular weight is 318 g/mol. The molecule has 4 nitrogen and oxygen atoms in total. The Bertz CT molecular complexity index is 747. The van der Waals surface area contributed by atoms with Gasteiger partial charge in [-0.1, -0.05) is 12.1 Å². The molecule has 0 aromatic heterocycles. The molecule has 1 atom stereocenters. The van der Waals surface area contributed by atoms with Crippen LogP contribution in [0.1, 0.15) is 35.8 Å². The molecule has 0 heterocycles. The first kappa shape index (κ1) is 16.6. The van der Waals surface area contributed by atoms with Crippen LogP contribution < -0.4 is 10.6 Å². The summed E-state index contributed by atoms with van der Waals surface area (Å²) in [6.45, 7) is 3.04. The second-order valence-corrected chi connectivity index (χ2v) is 5.13. The van der Waals surface area contributed by atoms with Gasteiger partial charge in [0.05, 0.1) is 6.04 Å². The van der Waals surface area contributed by atoms with E-state index in [0.29, 0.717) is 16.8 Å². The lowest BCUT2D eigenvalue weighted by atomic mass is 10.1. The van der Waals surface area contributed by atoms with Crippen LogP contribution in [0.25, 0.3) is 0 Å². The first-order chi connectivity index (χ1) is 10.9. The summed E-state index contributed by atoms with van der Waals surface area (Å²) in [6, 6.07) is 9.42. The van der Waals surface area contributed by atoms with Gasteiger partial charge in [0.2, 0.25) is 5.91 Å². The first-order valence-corrected chi connectivity index (χ1v) is 7.00. The first-order valence-electron chi connectivity index (χ1n) is 7.00. The minimum Gasteiger partial charge on any atom is -0.346 e. The maximum absolute atomic E-state index is 13.2. The molecular weight excluding hydrogens is 302 g/mol. The Labute approximate surface area is 132 Å². The van der Waals surface area contributed by atoms with E-state index in [1.54, 1.807) is 25.1 Å². The molecular formula is C17H16F2N2O2. The van der Waals surface area contributed by atoms with Crippen molar-refractivity contribution in [1.82, 2.24) is 5.32 Å². The Kier molecular flexibility index (Phi) is 5.05. The summed E-state index contributed by atoms with van der Waals surface area (Å²) in [6.07, 6.45) is 0. The summed E-state index contributed by atoms with van der Waals surface area (Å²) >= 11 is 0. The number of amides is 2. The number of rotatable bonds is 4. The van der Waals surface area contributed by atoms with E-state index in [1.165, 1.54) is 19.1 Å². The van der Waals surface area contributed by atoms with Gasteiger partial charge in [-0.25, -0.2) is 8.78 Å². The Hall–Kier alpha value is -2.76. The van der Waals surface area contributed by atoms with E-state index in [1.807, 2.05) is 0 Å². The summed E-state index contributed by atoms with van der Waals surface area (Å²) in [5.74, 6) is -2.52. The molecule has 2 aromatic carbocycles. The van der Waals surface area contributed by atoms with E-state index in [2.05, 4.69) is 10.6 Å². The van der Waals surface area contributed by atoms with Crippen LogP contribution in [0.5, 0.6) is 0 Å². The third-order valence-electron chi connectivity index (χ3n) is 3.24. The van der Waals surface area contributed by atoms with E-state index in [-0.39, 0.29) is 11.8 Å². The molecule has 0 bridgehead atoms. The van der Waals surface area contributed by atoms with Crippen molar-refractivity contribution in [2.75, 3.05) is 5.32 Å². The second kappa shape index (κ2) is 7.00. The highest BCUT2D eigenvalue weighted by Gasteiger charge is 2.14. The second-order valence-electron chi connectivity index (χ2n) is 5.13. The Morgan fingerprint density at radius 3 is 2.43 bits per heavy atom. The van der Waals surface area contributed by atoms with Crippen molar-refractivity contribution in [2.24, 2.45) is 0 Å². The molecule has 0 aliphatic rings. The van der Waals surface area contributed by atoms with Gasteiger partial charge < -0.3 is 10.6 Å². The van der Waals surface area contributed by atoms with E-state index >= 15 is 0 Å². The zero-order chi connectivity index (χ0) is 17.0. The zero-order valence-corrected chi connectivity index (χ0v) is 12.7. The number of carbonyl (C=O) groups is 2. The Morgan fingerprint density at radius 2 is 1.78 bits per heavy atom. The van der Waals surface area contributed by atoms with Gasteiger partial charge >= 0.3 is 0 Å². The molecule has 120 valence electrons. The number of nitrogens with one attached hydrogen (secondary N) is 2. The van der Waals surface area contributed by atoms with Crippen molar-refractivity contribution in [3.8, 4) is 0 Å². The monoisotopic (exact) mass is 318 g/mol. The lowest BCUT2D eigenvalue weighted by molar-refractivity contribution is -0.114. The molecule has 2 amide bonds. The Morgan fingerprint density at radius 1 is 1.04 bits per heavy atom. The van der Waals surface area contributed by atoms with Gasteiger partial charge in [0.15, 0.2) is 11.6 Å². The molecule has 2 rings (SSSR count). The Balaban J connectivity index is 2.11. The summed E-state index contributed by atoms with van der Waals surface area (Å²) < 4.78 is 26.2. The molecule has 23 heavy (non-hydrogen) atoms. The molecule has 2 aromatic rings. The van der Waals surface area contributed by atoms with Crippen LogP contribution in [0, 0.1) is 11.6 Å². The summed E-state index contributed by atoms with van der Waals surface area (Å²) in [4.78, 5) is 23.3. The highest BCUT2D eigenvalue weighted by atomic mass is 19.2. The molecule has 2 N–H and O–H groups in total. The van der Waals surface area contributed by atoms with Crippen LogP contribution in [0.15, 0.2) is 42.5 Å². The molecule has 0 fully saturated rings. The van der Waals surface area contributed by atoms with Crippen LogP contribution in [-0.2, 0) is 4.79 Å². The van der Waals surface area contributed by atoms with Crippen LogP contribution in [0.3, 0.4) is 0 Å². The lowest BCUT2D eigenvalue weighted by Crippen LogP contribution is -2.26. The maximum Gasteiger partial charge on any atom is 0.251 e. The lowest BCUT2D eigenvalue weighted by Gasteiger charge is -2.15. The van der Waals surface area contributed by atoms with Crippen LogP contribution in [0.4, 0.5) is 14.5 Å². The quantitative estimate of drug-likeness (QED) is 0.907. The van der Waals surface area contributed by atoms with Crippen LogP contribution >= 0.6 is 0 Å². The van der Waals surface area contributed by atoms with Gasteiger partial charge in [0.1, 0.15) is 0 Å². The zero-order valence-electron chi connectivity index (χ0n) is 12.7. The highest BCUT2D eigenvalue weighted by Crippen LogP contribution is 2.17. The minimum atomic E-state index is -0.962. The molecule has 0 saturated heterocycles. The van der Waals surface area contributed by atoms with Crippen molar-refractivity contribution in [3.05, 3.63) is 65.2 Å². The van der Waals surface area contributed by atoms with Crippen molar-refractivity contribution < 1.29 is 18.4 Å². The standard InChI is InChI=1S/C17H16F2N2O2/c1-10(12-6-7-15(18)16(19)9-12)20-17(23)13-4-3-5-14(8-13)21-11(2)22/h3-10H,1-2H3,(H,20,23)(H,21,22). The SMILES string of the molecule is CC(=O)Nc1cccc(C(=O)NC(C)c2ccc(F)c(F)c2)c1. The van der Waals surface area contributed by atoms with E-state index in [0.717, 1.165) is 12.1 Å². The number of carbonyl (C=O) groups excluding carboxylic acids is 2. The highest BCUT2D eigenvalue weighted by molar-refractivity contribution is 5.96. The number of hydrogen-bond donors (Lipinski definition) is 2. The van der Waals surface area contributed by atoms with Gasteiger partial charge in [-0.2, -0.15) is 0 Å². The molecule has 1 unspecified atom stereocenters. The van der Waals surface area contributed by atoms with Crippen molar-refractivity contribution >= 4 is 17.5 Å². The number of benzene rings is 2. The van der Waals surface area contributed by atoms with Gasteiger partial charge in [-0.3, -0.25) is 9.59 Å². The summed E-state index contributed by atoms with van der Waals surface area (Å²) in [5.41, 5.74) is 1.31.